The number of aryl methyl sites for hydroxylation is 1. The van der Waals surface area contributed by atoms with Gasteiger partial charge in [-0.05, 0) is 31.4 Å². The number of rotatable bonds is 13. The van der Waals surface area contributed by atoms with Crippen molar-refractivity contribution in [2.75, 3.05) is 19.5 Å². The number of hydrogen-bond acceptors (Lipinski definition) is 9. The van der Waals surface area contributed by atoms with Gasteiger partial charge in [-0.3, -0.25) is 19.9 Å². The molecule has 0 fully saturated rings. The zero-order valence-electron chi connectivity index (χ0n) is 21.8. The van der Waals surface area contributed by atoms with Crippen molar-refractivity contribution in [3.63, 3.8) is 0 Å². The van der Waals surface area contributed by atoms with Gasteiger partial charge in [0.2, 0.25) is 6.41 Å². The number of carbonyl (C=O) groups excluding carboxylic acids is 3. The van der Waals surface area contributed by atoms with Gasteiger partial charge in [0.1, 0.15) is 0 Å². The number of methoxy groups -OCH3 is 1. The molecule has 2 aromatic carbocycles. The zero-order chi connectivity index (χ0) is 28.4. The first-order valence-corrected chi connectivity index (χ1v) is 13.3. The van der Waals surface area contributed by atoms with E-state index in [-0.39, 0.29) is 46.3 Å². The molecule has 0 spiro atoms. The van der Waals surface area contributed by atoms with Crippen molar-refractivity contribution < 1.29 is 28.8 Å². The summed E-state index contributed by atoms with van der Waals surface area (Å²) in [4.78, 5) is 52.8. The third kappa shape index (κ3) is 7.41. The molecule has 1 N–H and O–H groups in total. The molecule has 0 aliphatic carbocycles. The first-order chi connectivity index (χ1) is 18.8. The highest BCUT2D eigenvalue weighted by Gasteiger charge is 2.29. The van der Waals surface area contributed by atoms with Crippen molar-refractivity contribution in [2.45, 2.75) is 32.1 Å². The Labute approximate surface area is 230 Å². The quantitative estimate of drug-likeness (QED) is 0.141. The van der Waals surface area contributed by atoms with E-state index in [0.29, 0.717) is 30.0 Å². The van der Waals surface area contributed by atoms with E-state index in [2.05, 4.69) is 10.3 Å². The normalized spacial score (nSPS) is 11.4. The molecule has 1 amide bonds. The van der Waals surface area contributed by atoms with E-state index in [1.807, 2.05) is 30.3 Å². The van der Waals surface area contributed by atoms with Gasteiger partial charge in [-0.25, -0.2) is 9.59 Å². The molecule has 0 radical (unpaired) electrons. The summed E-state index contributed by atoms with van der Waals surface area (Å²) in [6, 6.07) is 15.2. The fraction of sp³-hybridized carbons (Fsp3) is 0.286. The molecule has 0 bridgehead atoms. The number of pyridine rings is 1. The standard InChI is InChI=1S/C28H29N3O7S/c1-4-38-28(34)26-23(16-39-15-21(29-17-32)13-19-9-6-5-7-10-19)30-18(2)24(27(33)37-3)25(26)20-11-8-12-22(14-20)31(35)36/h5-12,14,17,21H,4,13,15-16H2,1-3H3,(H,29,32). The number of esters is 2. The van der Waals surface area contributed by atoms with E-state index in [1.54, 1.807) is 19.9 Å². The minimum atomic E-state index is -0.732. The van der Waals surface area contributed by atoms with E-state index >= 15 is 0 Å². The maximum absolute atomic E-state index is 13.3. The molecule has 1 unspecified atom stereocenters. The fourth-order valence-electron chi connectivity index (χ4n) is 4.17. The number of nitrogens with zero attached hydrogens (tertiary/aromatic N) is 2. The van der Waals surface area contributed by atoms with Crippen LogP contribution in [0.3, 0.4) is 0 Å². The average Bonchev–Trinajstić information content (AvgIpc) is 2.93. The number of non-ortho nitro benzene ring substituents is 1. The minimum absolute atomic E-state index is 0.0272. The molecule has 204 valence electrons. The van der Waals surface area contributed by atoms with Crippen molar-refractivity contribution in [1.82, 2.24) is 10.3 Å². The molecule has 11 heteroatoms. The number of amides is 1. The summed E-state index contributed by atoms with van der Waals surface area (Å²) in [6.45, 7) is 3.34. The van der Waals surface area contributed by atoms with Crippen LogP contribution in [-0.2, 0) is 26.4 Å². The van der Waals surface area contributed by atoms with Crippen LogP contribution in [0.25, 0.3) is 11.1 Å². The van der Waals surface area contributed by atoms with E-state index < -0.39 is 16.9 Å². The minimum Gasteiger partial charge on any atom is -0.465 e. The van der Waals surface area contributed by atoms with Crippen molar-refractivity contribution in [2.24, 2.45) is 0 Å². The second-order valence-electron chi connectivity index (χ2n) is 8.47. The lowest BCUT2D eigenvalue weighted by Gasteiger charge is -2.20. The van der Waals surface area contributed by atoms with Gasteiger partial charge in [0.15, 0.2) is 0 Å². The van der Waals surface area contributed by atoms with Crippen LogP contribution >= 0.6 is 11.8 Å². The highest BCUT2D eigenvalue weighted by molar-refractivity contribution is 7.98. The third-order valence-corrected chi connectivity index (χ3v) is 6.97. The zero-order valence-corrected chi connectivity index (χ0v) is 22.7. The maximum Gasteiger partial charge on any atom is 0.340 e. The predicted molar refractivity (Wildman–Crippen MR) is 148 cm³/mol. The highest BCUT2D eigenvalue weighted by atomic mass is 32.2. The Morgan fingerprint density at radius 3 is 2.51 bits per heavy atom. The summed E-state index contributed by atoms with van der Waals surface area (Å²) in [5.74, 6) is -0.672. The largest absolute Gasteiger partial charge is 0.465 e. The number of nitro groups is 1. The van der Waals surface area contributed by atoms with E-state index in [4.69, 9.17) is 9.47 Å². The lowest BCUT2D eigenvalue weighted by molar-refractivity contribution is -0.384. The molecular weight excluding hydrogens is 522 g/mol. The Hall–Kier alpha value is -4.25. The molecule has 0 saturated carbocycles. The number of nitrogens with one attached hydrogen (secondary N) is 1. The SMILES string of the molecule is CCOC(=O)c1c(CSCC(Cc2ccccc2)NC=O)nc(C)c(C(=O)OC)c1-c1cccc([N+](=O)[O-])c1. The molecule has 0 saturated heterocycles. The van der Waals surface area contributed by atoms with Crippen LogP contribution in [0.15, 0.2) is 54.6 Å². The van der Waals surface area contributed by atoms with Crippen LogP contribution < -0.4 is 5.32 Å². The predicted octanol–water partition coefficient (Wildman–Crippen LogP) is 4.52. The van der Waals surface area contributed by atoms with E-state index in [0.717, 1.165) is 5.56 Å². The Kier molecular flexibility index (Phi) is 10.6. The Balaban J connectivity index is 2.07. The van der Waals surface area contributed by atoms with Crippen LogP contribution in [0.2, 0.25) is 0 Å². The molecule has 1 aromatic heterocycles. The van der Waals surface area contributed by atoms with Gasteiger partial charge in [0.05, 0.1) is 41.2 Å². The molecule has 3 rings (SSSR count). The van der Waals surface area contributed by atoms with Crippen LogP contribution in [0, 0.1) is 17.0 Å². The second kappa shape index (κ2) is 14.1. The molecule has 3 aromatic rings. The molecule has 0 aliphatic heterocycles. The Bertz CT molecular complexity index is 1350. The van der Waals surface area contributed by atoms with Crippen LogP contribution in [-0.4, -0.2) is 53.8 Å². The van der Waals surface area contributed by atoms with E-state index in [1.165, 1.54) is 37.1 Å². The van der Waals surface area contributed by atoms with Gasteiger partial charge in [-0.2, -0.15) is 11.8 Å². The average molecular weight is 552 g/mol. The lowest BCUT2D eigenvalue weighted by Crippen LogP contribution is -2.32. The number of hydrogen-bond donors (Lipinski definition) is 1. The first kappa shape index (κ1) is 29.3. The van der Waals surface area contributed by atoms with Crippen LogP contribution in [0.5, 0.6) is 0 Å². The monoisotopic (exact) mass is 551 g/mol. The molecule has 1 heterocycles. The summed E-state index contributed by atoms with van der Waals surface area (Å²) in [7, 11) is 1.21. The van der Waals surface area contributed by atoms with E-state index in [9.17, 15) is 24.5 Å². The summed E-state index contributed by atoms with van der Waals surface area (Å²) in [5.41, 5.74) is 2.04. The molecule has 0 aliphatic rings. The topological polar surface area (TPSA) is 138 Å². The first-order valence-electron chi connectivity index (χ1n) is 12.2. The van der Waals surface area contributed by atoms with Crippen molar-refractivity contribution >= 4 is 35.8 Å². The third-order valence-electron chi connectivity index (χ3n) is 5.85. The summed E-state index contributed by atoms with van der Waals surface area (Å²) < 4.78 is 10.3. The number of thioether (sulfide) groups is 1. The number of aromatic nitrogens is 1. The molecule has 39 heavy (non-hydrogen) atoms. The summed E-state index contributed by atoms with van der Waals surface area (Å²) in [5, 5.41) is 14.3. The van der Waals surface area contributed by atoms with Gasteiger partial charge in [-0.15, -0.1) is 0 Å². The number of benzene rings is 2. The second-order valence-corrected chi connectivity index (χ2v) is 9.50. The van der Waals surface area contributed by atoms with Crippen LogP contribution in [0.4, 0.5) is 5.69 Å². The molecule has 1 atom stereocenters. The molecular formula is C28H29N3O7S. The van der Waals surface area contributed by atoms with Gasteiger partial charge < -0.3 is 14.8 Å². The van der Waals surface area contributed by atoms with Crippen molar-refractivity contribution in [3.8, 4) is 11.1 Å². The van der Waals surface area contributed by atoms with Gasteiger partial charge in [-0.1, -0.05) is 42.5 Å². The molecule has 10 nitrogen and oxygen atoms in total. The number of ether oxygens (including phenoxy) is 2. The lowest BCUT2D eigenvalue weighted by atomic mass is 9.92. The van der Waals surface area contributed by atoms with Gasteiger partial charge in [0.25, 0.3) is 5.69 Å². The Morgan fingerprint density at radius 2 is 1.87 bits per heavy atom. The maximum atomic E-state index is 13.3. The fourth-order valence-corrected chi connectivity index (χ4v) is 5.18. The summed E-state index contributed by atoms with van der Waals surface area (Å²) in [6.07, 6.45) is 1.27. The highest BCUT2D eigenvalue weighted by Crippen LogP contribution is 2.35. The van der Waals surface area contributed by atoms with Crippen molar-refractivity contribution in [3.05, 3.63) is 92.8 Å². The number of carbonyl (C=O) groups is 3. The van der Waals surface area contributed by atoms with Gasteiger partial charge in [0, 0.05) is 35.2 Å². The Morgan fingerprint density at radius 1 is 1.13 bits per heavy atom. The number of nitro benzene ring substituents is 1. The smallest absolute Gasteiger partial charge is 0.340 e. The summed E-state index contributed by atoms with van der Waals surface area (Å²) >= 11 is 1.45. The van der Waals surface area contributed by atoms with Crippen molar-refractivity contribution in [1.29, 1.82) is 0 Å². The van der Waals surface area contributed by atoms with Crippen LogP contribution in [0.1, 0.15) is 44.6 Å². The van der Waals surface area contributed by atoms with Gasteiger partial charge >= 0.3 is 11.9 Å².